The molecule has 0 heterocycles. The SMILES string of the molecule is CC(C)(C1CC1)C(Cl)(Cl)C1CC1. The molecule has 2 rings (SSSR count). The zero-order valence-corrected chi connectivity index (χ0v) is 9.25. The molecule has 0 aromatic carbocycles. The minimum Gasteiger partial charge on any atom is -0.101 e. The van der Waals surface area contributed by atoms with E-state index in [9.17, 15) is 0 Å². The summed E-state index contributed by atoms with van der Waals surface area (Å²) >= 11 is 12.9. The molecule has 0 nitrogen and oxygen atoms in total. The lowest BCUT2D eigenvalue weighted by atomic mass is 9.81. The fourth-order valence-corrected chi connectivity index (χ4v) is 2.79. The van der Waals surface area contributed by atoms with Crippen LogP contribution in [-0.4, -0.2) is 4.33 Å². The van der Waals surface area contributed by atoms with Crippen molar-refractivity contribution in [2.24, 2.45) is 17.3 Å². The van der Waals surface area contributed by atoms with Crippen LogP contribution < -0.4 is 0 Å². The van der Waals surface area contributed by atoms with Crippen molar-refractivity contribution in [3.05, 3.63) is 0 Å². The first-order chi connectivity index (χ1) is 5.46. The fourth-order valence-electron chi connectivity index (χ4n) is 2.05. The second-order valence-electron chi connectivity index (χ2n) is 4.89. The molecule has 0 aliphatic heterocycles. The summed E-state index contributed by atoms with van der Waals surface area (Å²) in [5.41, 5.74) is 0.122. The van der Waals surface area contributed by atoms with E-state index in [0.29, 0.717) is 5.92 Å². The van der Waals surface area contributed by atoms with E-state index < -0.39 is 4.33 Å². The van der Waals surface area contributed by atoms with Gasteiger partial charge in [-0.15, -0.1) is 23.2 Å². The lowest BCUT2D eigenvalue weighted by Gasteiger charge is -2.38. The van der Waals surface area contributed by atoms with Crippen molar-refractivity contribution >= 4 is 23.2 Å². The van der Waals surface area contributed by atoms with Crippen LogP contribution in [0.5, 0.6) is 0 Å². The standard InChI is InChI=1S/C10H16Cl2/c1-9(2,7-3-4-7)10(11,12)8-5-6-8/h7-8H,3-6H2,1-2H3. The van der Waals surface area contributed by atoms with Gasteiger partial charge in [-0.2, -0.15) is 0 Å². The van der Waals surface area contributed by atoms with Crippen LogP contribution >= 0.6 is 23.2 Å². The summed E-state index contributed by atoms with van der Waals surface area (Å²) in [5, 5.41) is 0. The Morgan fingerprint density at radius 1 is 0.917 bits per heavy atom. The van der Waals surface area contributed by atoms with Gasteiger partial charge in [-0.25, -0.2) is 0 Å². The third-order valence-electron chi connectivity index (χ3n) is 3.55. The minimum absolute atomic E-state index is 0.122. The lowest BCUT2D eigenvalue weighted by molar-refractivity contribution is 0.245. The predicted octanol–water partition coefficient (Wildman–Crippen LogP) is 4.01. The van der Waals surface area contributed by atoms with E-state index >= 15 is 0 Å². The Hall–Kier alpha value is 0.580. The van der Waals surface area contributed by atoms with E-state index in [0.717, 1.165) is 5.92 Å². The Balaban J connectivity index is 2.13. The van der Waals surface area contributed by atoms with Gasteiger partial charge in [0.05, 0.1) is 0 Å². The third kappa shape index (κ3) is 1.28. The maximum Gasteiger partial charge on any atom is 0.126 e. The van der Waals surface area contributed by atoms with E-state index in [-0.39, 0.29) is 5.41 Å². The van der Waals surface area contributed by atoms with Crippen LogP contribution in [-0.2, 0) is 0 Å². The van der Waals surface area contributed by atoms with Crippen LogP contribution in [0.3, 0.4) is 0 Å². The summed E-state index contributed by atoms with van der Waals surface area (Å²) in [7, 11) is 0. The van der Waals surface area contributed by atoms with Crippen molar-refractivity contribution in [2.45, 2.75) is 43.9 Å². The Kier molecular flexibility index (Phi) is 1.94. The van der Waals surface area contributed by atoms with Crippen molar-refractivity contribution < 1.29 is 0 Å². The molecule has 0 bridgehead atoms. The van der Waals surface area contributed by atoms with Gasteiger partial charge in [0.2, 0.25) is 0 Å². The van der Waals surface area contributed by atoms with Crippen LogP contribution in [0.4, 0.5) is 0 Å². The summed E-state index contributed by atoms with van der Waals surface area (Å²) < 4.78 is -0.464. The summed E-state index contributed by atoms with van der Waals surface area (Å²) in [6.07, 6.45) is 5.09. The number of hydrogen-bond donors (Lipinski definition) is 0. The zero-order valence-electron chi connectivity index (χ0n) is 7.74. The third-order valence-corrected chi connectivity index (χ3v) is 5.14. The molecule has 2 aliphatic rings. The molecule has 12 heavy (non-hydrogen) atoms. The molecular weight excluding hydrogens is 191 g/mol. The van der Waals surface area contributed by atoms with E-state index in [4.69, 9.17) is 23.2 Å². The number of rotatable bonds is 3. The summed E-state index contributed by atoms with van der Waals surface area (Å²) in [6, 6.07) is 0. The number of alkyl halides is 2. The molecule has 0 amide bonds. The molecule has 2 heteroatoms. The second kappa shape index (κ2) is 2.54. The molecule has 2 saturated carbocycles. The quantitative estimate of drug-likeness (QED) is 0.613. The molecule has 0 spiro atoms. The normalized spacial score (nSPS) is 26.0. The zero-order chi connectivity index (χ0) is 8.98. The topological polar surface area (TPSA) is 0 Å². The van der Waals surface area contributed by atoms with Crippen LogP contribution in [0.15, 0.2) is 0 Å². The molecule has 0 unspecified atom stereocenters. The smallest absolute Gasteiger partial charge is 0.101 e. The molecule has 2 aliphatic carbocycles. The maximum atomic E-state index is 6.43. The first-order valence-electron chi connectivity index (χ1n) is 4.84. The van der Waals surface area contributed by atoms with Gasteiger partial charge in [0.25, 0.3) is 0 Å². The Morgan fingerprint density at radius 2 is 1.33 bits per heavy atom. The molecule has 0 aromatic heterocycles. The summed E-state index contributed by atoms with van der Waals surface area (Å²) in [4.78, 5) is 0. The van der Waals surface area contributed by atoms with Crippen molar-refractivity contribution in [3.63, 3.8) is 0 Å². The van der Waals surface area contributed by atoms with Crippen LogP contribution in [0.25, 0.3) is 0 Å². The molecular formula is C10H16Cl2. The van der Waals surface area contributed by atoms with Gasteiger partial charge in [0, 0.05) is 5.41 Å². The molecule has 70 valence electrons. The van der Waals surface area contributed by atoms with Gasteiger partial charge in [-0.05, 0) is 37.5 Å². The van der Waals surface area contributed by atoms with Crippen LogP contribution in [0.1, 0.15) is 39.5 Å². The van der Waals surface area contributed by atoms with Gasteiger partial charge in [-0.1, -0.05) is 13.8 Å². The van der Waals surface area contributed by atoms with Gasteiger partial charge in [-0.3, -0.25) is 0 Å². The number of halogens is 2. The van der Waals surface area contributed by atoms with E-state index in [2.05, 4.69) is 13.8 Å². The van der Waals surface area contributed by atoms with Gasteiger partial charge >= 0.3 is 0 Å². The van der Waals surface area contributed by atoms with E-state index in [1.54, 1.807) is 0 Å². The van der Waals surface area contributed by atoms with Crippen molar-refractivity contribution in [1.82, 2.24) is 0 Å². The Morgan fingerprint density at radius 3 is 1.67 bits per heavy atom. The fraction of sp³-hybridized carbons (Fsp3) is 1.00. The average Bonchev–Trinajstić information content (AvgIpc) is 2.82. The highest BCUT2D eigenvalue weighted by Gasteiger charge is 2.57. The van der Waals surface area contributed by atoms with Gasteiger partial charge in [0.1, 0.15) is 4.33 Å². The van der Waals surface area contributed by atoms with E-state index in [1.165, 1.54) is 25.7 Å². The highest BCUT2D eigenvalue weighted by Crippen LogP contribution is 2.62. The second-order valence-corrected chi connectivity index (χ2v) is 6.28. The highest BCUT2D eigenvalue weighted by atomic mass is 35.5. The molecule has 2 fully saturated rings. The van der Waals surface area contributed by atoms with Gasteiger partial charge < -0.3 is 0 Å². The first kappa shape index (κ1) is 9.15. The lowest BCUT2D eigenvalue weighted by Crippen LogP contribution is -2.38. The first-order valence-corrected chi connectivity index (χ1v) is 5.59. The molecule has 0 aromatic rings. The van der Waals surface area contributed by atoms with Crippen LogP contribution in [0.2, 0.25) is 0 Å². The Labute approximate surface area is 84.6 Å². The molecule has 0 N–H and O–H groups in total. The summed E-state index contributed by atoms with van der Waals surface area (Å²) in [5.74, 6) is 1.34. The minimum atomic E-state index is -0.464. The van der Waals surface area contributed by atoms with Gasteiger partial charge in [0.15, 0.2) is 0 Å². The largest absolute Gasteiger partial charge is 0.126 e. The monoisotopic (exact) mass is 206 g/mol. The van der Waals surface area contributed by atoms with Crippen molar-refractivity contribution in [1.29, 1.82) is 0 Å². The van der Waals surface area contributed by atoms with Crippen molar-refractivity contribution in [2.75, 3.05) is 0 Å². The molecule has 0 atom stereocenters. The van der Waals surface area contributed by atoms with Crippen molar-refractivity contribution in [3.8, 4) is 0 Å². The summed E-state index contributed by atoms with van der Waals surface area (Å²) in [6.45, 7) is 4.45. The molecule has 0 radical (unpaired) electrons. The Bertz CT molecular complexity index is 166. The highest BCUT2D eigenvalue weighted by molar-refractivity contribution is 6.49. The average molecular weight is 207 g/mol. The molecule has 0 saturated heterocycles. The van der Waals surface area contributed by atoms with E-state index in [1.807, 2.05) is 0 Å². The van der Waals surface area contributed by atoms with Crippen LogP contribution in [0, 0.1) is 17.3 Å². The maximum absolute atomic E-state index is 6.43. The predicted molar refractivity (Wildman–Crippen MR) is 53.7 cm³/mol. The number of hydrogen-bond acceptors (Lipinski definition) is 0.